The number of nitrogens with zero attached hydrogens (tertiary/aromatic N) is 2. The van der Waals surface area contributed by atoms with Gasteiger partial charge in [-0.25, -0.2) is 4.79 Å². The number of hydrogen-bond acceptors (Lipinski definition) is 5. The quantitative estimate of drug-likeness (QED) is 0.801. The molecule has 7 heteroatoms. The van der Waals surface area contributed by atoms with Gasteiger partial charge in [0.2, 0.25) is 0 Å². The van der Waals surface area contributed by atoms with Crippen LogP contribution in [0.2, 0.25) is 0 Å². The topological polar surface area (TPSA) is 90.3 Å². The van der Waals surface area contributed by atoms with E-state index in [4.69, 9.17) is 14.9 Å². The fourth-order valence-corrected chi connectivity index (χ4v) is 3.30. The third kappa shape index (κ3) is 8.05. The van der Waals surface area contributed by atoms with Crippen molar-refractivity contribution >= 4 is 12.1 Å². The van der Waals surface area contributed by atoms with Crippen LogP contribution < -0.4 is 0 Å². The Bertz CT molecular complexity index is 436. The second-order valence-corrected chi connectivity index (χ2v) is 7.86. The molecular weight excluding hydrogens is 324 g/mol. The summed E-state index contributed by atoms with van der Waals surface area (Å²) in [6.07, 6.45) is 4.72. The Labute approximate surface area is 150 Å². The first kappa shape index (κ1) is 21.7. The smallest absolute Gasteiger partial charge is 0.410 e. The van der Waals surface area contributed by atoms with E-state index in [9.17, 15) is 9.59 Å². The number of likely N-dealkylation sites (tertiary alicyclic amines) is 2. The summed E-state index contributed by atoms with van der Waals surface area (Å²) in [7, 11) is 2.13. The largest absolute Gasteiger partial charge is 0.481 e. The van der Waals surface area contributed by atoms with Crippen LogP contribution in [-0.2, 0) is 9.53 Å². The van der Waals surface area contributed by atoms with Gasteiger partial charge in [-0.3, -0.25) is 4.79 Å². The van der Waals surface area contributed by atoms with E-state index in [-0.39, 0.29) is 12.5 Å². The fourth-order valence-electron chi connectivity index (χ4n) is 3.30. The lowest BCUT2D eigenvalue weighted by Crippen LogP contribution is -2.40. The van der Waals surface area contributed by atoms with Crippen LogP contribution in [0.25, 0.3) is 0 Å². The van der Waals surface area contributed by atoms with Crippen LogP contribution in [0.1, 0.15) is 59.3 Å². The summed E-state index contributed by atoms with van der Waals surface area (Å²) in [6, 6.07) is 0.447. The van der Waals surface area contributed by atoms with Gasteiger partial charge in [-0.1, -0.05) is 0 Å². The molecule has 0 radical (unpaired) electrons. The fraction of sp³-hybridized carbons (Fsp3) is 0.889. The minimum atomic E-state index is -0.875. The molecule has 0 aromatic carbocycles. The zero-order chi connectivity index (χ0) is 19.0. The van der Waals surface area contributed by atoms with Gasteiger partial charge < -0.3 is 24.7 Å². The standard InChI is InChI=1S/C11H19NO4.C7H15NO/c1-11(2,3)16-10(15)12-6-4-5-8(12)7-9(13)14;1-8-5-2-3-7(8)4-6-9/h8H,4-7H2,1-3H3,(H,13,14);7,9H,2-6H2,1H3/t8-;7-/m11/s1. The average Bonchev–Trinajstić information content (AvgIpc) is 3.07. The highest BCUT2D eigenvalue weighted by Crippen LogP contribution is 2.22. The highest BCUT2D eigenvalue weighted by molar-refractivity contribution is 5.72. The molecule has 7 nitrogen and oxygen atoms in total. The second kappa shape index (κ2) is 9.97. The van der Waals surface area contributed by atoms with Crippen LogP contribution in [0.4, 0.5) is 4.79 Å². The van der Waals surface area contributed by atoms with Crippen LogP contribution in [0.5, 0.6) is 0 Å². The van der Waals surface area contributed by atoms with Gasteiger partial charge in [0.1, 0.15) is 5.60 Å². The van der Waals surface area contributed by atoms with Crippen LogP contribution in [0.3, 0.4) is 0 Å². The highest BCUT2D eigenvalue weighted by Gasteiger charge is 2.33. The van der Waals surface area contributed by atoms with E-state index in [0.29, 0.717) is 19.2 Å². The predicted octanol–water partition coefficient (Wildman–Crippen LogP) is 2.32. The maximum Gasteiger partial charge on any atom is 0.410 e. The molecule has 2 N–H and O–H groups in total. The molecule has 146 valence electrons. The SMILES string of the molecule is CC(C)(C)OC(=O)N1CCC[C@@H]1CC(=O)O.CN1CCC[C@@H]1CCO. The van der Waals surface area contributed by atoms with E-state index in [1.165, 1.54) is 24.3 Å². The lowest BCUT2D eigenvalue weighted by atomic mass is 10.1. The first-order chi connectivity index (χ1) is 11.6. The predicted molar refractivity (Wildman–Crippen MR) is 95.6 cm³/mol. The van der Waals surface area contributed by atoms with Gasteiger partial charge in [0, 0.05) is 25.2 Å². The van der Waals surface area contributed by atoms with Crippen LogP contribution in [0, 0.1) is 0 Å². The molecule has 0 bridgehead atoms. The molecule has 0 aliphatic carbocycles. The zero-order valence-electron chi connectivity index (χ0n) is 16.0. The van der Waals surface area contributed by atoms with Crippen molar-refractivity contribution in [3.63, 3.8) is 0 Å². The Hall–Kier alpha value is -1.34. The van der Waals surface area contributed by atoms with Crippen molar-refractivity contribution in [2.24, 2.45) is 0 Å². The van der Waals surface area contributed by atoms with Crippen molar-refractivity contribution in [3.05, 3.63) is 0 Å². The number of aliphatic hydroxyl groups is 1. The molecule has 2 heterocycles. The van der Waals surface area contributed by atoms with Gasteiger partial charge in [-0.15, -0.1) is 0 Å². The summed E-state index contributed by atoms with van der Waals surface area (Å²) in [6.45, 7) is 7.54. The molecule has 0 aromatic rings. The maximum absolute atomic E-state index is 11.8. The Morgan fingerprint density at radius 3 is 2.20 bits per heavy atom. The normalized spacial score (nSPS) is 24.0. The van der Waals surface area contributed by atoms with E-state index < -0.39 is 17.7 Å². The number of amides is 1. The second-order valence-electron chi connectivity index (χ2n) is 7.86. The number of aliphatic carboxylic acids is 1. The molecule has 0 unspecified atom stereocenters. The Kier molecular flexibility index (Phi) is 8.65. The van der Waals surface area contributed by atoms with Crippen molar-refractivity contribution < 1.29 is 24.5 Å². The number of ether oxygens (including phenoxy) is 1. The monoisotopic (exact) mass is 358 g/mol. The Morgan fingerprint density at radius 2 is 1.72 bits per heavy atom. The van der Waals surface area contributed by atoms with E-state index in [1.54, 1.807) is 20.8 Å². The minimum Gasteiger partial charge on any atom is -0.481 e. The molecule has 0 saturated carbocycles. The Morgan fingerprint density at radius 1 is 1.12 bits per heavy atom. The molecule has 2 saturated heterocycles. The lowest BCUT2D eigenvalue weighted by molar-refractivity contribution is -0.138. The summed E-state index contributed by atoms with van der Waals surface area (Å²) in [4.78, 5) is 26.3. The van der Waals surface area contributed by atoms with Crippen LogP contribution >= 0.6 is 0 Å². The van der Waals surface area contributed by atoms with Crippen LogP contribution in [0.15, 0.2) is 0 Å². The number of carboxylic acids is 1. The molecule has 25 heavy (non-hydrogen) atoms. The van der Waals surface area contributed by atoms with Crippen molar-refractivity contribution in [2.45, 2.75) is 77.0 Å². The molecule has 2 fully saturated rings. The van der Waals surface area contributed by atoms with Gasteiger partial charge in [-0.05, 0) is 66.5 Å². The first-order valence-corrected chi connectivity index (χ1v) is 9.16. The zero-order valence-corrected chi connectivity index (χ0v) is 16.0. The number of carbonyl (C=O) groups is 2. The highest BCUT2D eigenvalue weighted by atomic mass is 16.6. The third-order valence-corrected chi connectivity index (χ3v) is 4.55. The molecule has 2 aliphatic rings. The third-order valence-electron chi connectivity index (χ3n) is 4.55. The number of aliphatic hydroxyl groups excluding tert-OH is 1. The summed E-state index contributed by atoms with van der Waals surface area (Å²) in [5, 5.41) is 17.3. The molecule has 0 spiro atoms. The number of carboxylic acid groups (broad SMARTS) is 1. The van der Waals surface area contributed by atoms with Crippen molar-refractivity contribution in [2.75, 3.05) is 26.7 Å². The van der Waals surface area contributed by atoms with E-state index in [2.05, 4.69) is 11.9 Å². The van der Waals surface area contributed by atoms with Crippen molar-refractivity contribution in [1.82, 2.24) is 9.80 Å². The van der Waals surface area contributed by atoms with E-state index in [0.717, 1.165) is 19.3 Å². The van der Waals surface area contributed by atoms with Gasteiger partial charge >= 0.3 is 12.1 Å². The van der Waals surface area contributed by atoms with Crippen LogP contribution in [-0.4, -0.2) is 76.5 Å². The molecule has 2 aliphatic heterocycles. The molecular formula is C18H34N2O5. The lowest BCUT2D eigenvalue weighted by Gasteiger charge is -2.27. The Balaban J connectivity index is 0.000000293. The summed E-state index contributed by atoms with van der Waals surface area (Å²) < 4.78 is 5.23. The van der Waals surface area contributed by atoms with Gasteiger partial charge in [-0.2, -0.15) is 0 Å². The van der Waals surface area contributed by atoms with Crippen molar-refractivity contribution in [1.29, 1.82) is 0 Å². The van der Waals surface area contributed by atoms with Gasteiger partial charge in [0.15, 0.2) is 0 Å². The molecule has 2 rings (SSSR count). The van der Waals surface area contributed by atoms with Gasteiger partial charge in [0.05, 0.1) is 6.42 Å². The van der Waals surface area contributed by atoms with E-state index >= 15 is 0 Å². The molecule has 0 aromatic heterocycles. The summed E-state index contributed by atoms with van der Waals surface area (Å²) in [5.41, 5.74) is -0.534. The minimum absolute atomic E-state index is 0.000751. The summed E-state index contributed by atoms with van der Waals surface area (Å²) in [5.74, 6) is -0.875. The van der Waals surface area contributed by atoms with Crippen molar-refractivity contribution in [3.8, 4) is 0 Å². The number of rotatable bonds is 4. The number of hydrogen-bond donors (Lipinski definition) is 2. The maximum atomic E-state index is 11.8. The molecule has 1 amide bonds. The van der Waals surface area contributed by atoms with Gasteiger partial charge in [0.25, 0.3) is 0 Å². The number of carbonyl (C=O) groups excluding carboxylic acids is 1. The summed E-state index contributed by atoms with van der Waals surface area (Å²) >= 11 is 0. The van der Waals surface area contributed by atoms with E-state index in [1.807, 2.05) is 0 Å². The first-order valence-electron chi connectivity index (χ1n) is 9.16. The average molecular weight is 358 g/mol. The molecule has 2 atom stereocenters.